The van der Waals surface area contributed by atoms with Crippen LogP contribution in [0, 0.1) is 6.92 Å². The second kappa shape index (κ2) is 9.58. The first kappa shape index (κ1) is 22.2. The first-order valence-electron chi connectivity index (χ1n) is 9.18. The van der Waals surface area contributed by atoms with Gasteiger partial charge in [0.05, 0.1) is 17.1 Å². The number of thiocarbonyl (C=S) groups is 1. The third kappa shape index (κ3) is 6.03. The Morgan fingerprint density at radius 3 is 2.16 bits per heavy atom. The van der Waals surface area contributed by atoms with Crippen molar-refractivity contribution in [3.63, 3.8) is 0 Å². The first-order valence-corrected chi connectivity index (χ1v) is 11.1. The highest BCUT2D eigenvalue weighted by Gasteiger charge is 2.16. The first-order chi connectivity index (χ1) is 14.8. The monoisotopic (exact) mass is 460 g/mol. The summed E-state index contributed by atoms with van der Waals surface area (Å²) in [4.78, 5) is 11.7. The molecular formula is C20H20N4O5S2. The number of aromatic nitrogens is 1. The van der Waals surface area contributed by atoms with Crippen molar-refractivity contribution in [3.05, 3.63) is 65.9 Å². The fourth-order valence-corrected chi connectivity index (χ4v) is 3.75. The van der Waals surface area contributed by atoms with Crippen LogP contribution in [-0.4, -0.2) is 31.3 Å². The summed E-state index contributed by atoms with van der Waals surface area (Å²) in [7, 11) is -3.80. The average Bonchev–Trinajstić information content (AvgIpc) is 3.13. The predicted octanol–water partition coefficient (Wildman–Crippen LogP) is 3.77. The minimum atomic E-state index is -3.80. The predicted molar refractivity (Wildman–Crippen MR) is 121 cm³/mol. The highest BCUT2D eigenvalue weighted by atomic mass is 32.2. The third-order valence-electron chi connectivity index (χ3n) is 3.94. The largest absolute Gasteiger partial charge is 0.462 e. The van der Waals surface area contributed by atoms with Crippen LogP contribution in [0.15, 0.2) is 64.0 Å². The Bertz CT molecular complexity index is 1170. The molecule has 9 nitrogen and oxygen atoms in total. The number of sulfonamides is 1. The Hall–Kier alpha value is -3.44. The zero-order chi connectivity index (χ0) is 22.4. The van der Waals surface area contributed by atoms with Gasteiger partial charge >= 0.3 is 5.97 Å². The van der Waals surface area contributed by atoms with E-state index in [1.54, 1.807) is 50.2 Å². The van der Waals surface area contributed by atoms with Crippen molar-refractivity contribution in [2.45, 2.75) is 18.7 Å². The molecule has 0 aliphatic heterocycles. The summed E-state index contributed by atoms with van der Waals surface area (Å²) in [6.45, 7) is 3.72. The van der Waals surface area contributed by atoms with Crippen LogP contribution in [-0.2, 0) is 14.8 Å². The number of nitrogens with zero attached hydrogens (tertiary/aromatic N) is 1. The van der Waals surface area contributed by atoms with Crippen molar-refractivity contribution < 1.29 is 22.5 Å². The normalized spacial score (nSPS) is 10.9. The SMILES string of the molecule is CCOC(=O)c1ccc(NC(=S)Nc2ccc(S(=O)(=O)Nc3cc(C)on3)cc2)cc1. The second-order valence-corrected chi connectivity index (χ2v) is 8.42. The number of hydrogen-bond acceptors (Lipinski definition) is 7. The highest BCUT2D eigenvalue weighted by molar-refractivity contribution is 7.92. The average molecular weight is 461 g/mol. The molecule has 1 aromatic heterocycles. The molecule has 0 bridgehead atoms. The van der Waals surface area contributed by atoms with E-state index in [1.165, 1.54) is 18.2 Å². The lowest BCUT2D eigenvalue weighted by Gasteiger charge is -2.12. The lowest BCUT2D eigenvalue weighted by atomic mass is 10.2. The molecule has 0 aliphatic carbocycles. The van der Waals surface area contributed by atoms with Gasteiger partial charge in [0.2, 0.25) is 0 Å². The molecule has 0 saturated carbocycles. The molecule has 0 unspecified atom stereocenters. The number of benzene rings is 2. The molecule has 0 atom stereocenters. The quantitative estimate of drug-likeness (QED) is 0.357. The van der Waals surface area contributed by atoms with E-state index in [2.05, 4.69) is 20.5 Å². The smallest absolute Gasteiger partial charge is 0.338 e. The van der Waals surface area contributed by atoms with Gasteiger partial charge in [-0.15, -0.1) is 0 Å². The van der Waals surface area contributed by atoms with Gasteiger partial charge in [-0.1, -0.05) is 5.16 Å². The summed E-state index contributed by atoms with van der Waals surface area (Å²) < 4.78 is 37.0. The number of nitrogens with one attached hydrogen (secondary N) is 3. The number of ether oxygens (including phenoxy) is 1. The maximum absolute atomic E-state index is 12.4. The molecule has 3 rings (SSSR count). The van der Waals surface area contributed by atoms with Gasteiger partial charge in [-0.25, -0.2) is 13.2 Å². The van der Waals surface area contributed by atoms with Crippen LogP contribution >= 0.6 is 12.2 Å². The fourth-order valence-electron chi connectivity index (χ4n) is 2.53. The Kier molecular flexibility index (Phi) is 6.88. The van der Waals surface area contributed by atoms with Crippen LogP contribution in [0.1, 0.15) is 23.0 Å². The Morgan fingerprint density at radius 2 is 1.65 bits per heavy atom. The van der Waals surface area contributed by atoms with E-state index in [0.29, 0.717) is 34.4 Å². The van der Waals surface area contributed by atoms with Crippen molar-refractivity contribution in [3.8, 4) is 0 Å². The summed E-state index contributed by atoms with van der Waals surface area (Å²) in [6.07, 6.45) is 0. The molecule has 0 amide bonds. The number of carbonyl (C=O) groups is 1. The Labute approximate surface area is 184 Å². The van der Waals surface area contributed by atoms with E-state index in [4.69, 9.17) is 21.5 Å². The highest BCUT2D eigenvalue weighted by Crippen LogP contribution is 2.19. The van der Waals surface area contributed by atoms with Crippen LogP contribution in [0.5, 0.6) is 0 Å². The van der Waals surface area contributed by atoms with Crippen LogP contribution < -0.4 is 15.4 Å². The molecule has 0 radical (unpaired) electrons. The number of esters is 1. The van der Waals surface area contributed by atoms with Crippen molar-refractivity contribution in [2.24, 2.45) is 0 Å². The molecule has 3 aromatic rings. The van der Waals surface area contributed by atoms with Gasteiger partial charge in [0.1, 0.15) is 5.76 Å². The molecule has 31 heavy (non-hydrogen) atoms. The number of hydrogen-bond donors (Lipinski definition) is 3. The molecule has 2 aromatic carbocycles. The Balaban J connectivity index is 1.59. The summed E-state index contributed by atoms with van der Waals surface area (Å²) in [5.41, 5.74) is 1.71. The number of carbonyl (C=O) groups excluding carboxylic acids is 1. The fraction of sp³-hybridized carbons (Fsp3) is 0.150. The van der Waals surface area contributed by atoms with E-state index in [1.807, 2.05) is 0 Å². The summed E-state index contributed by atoms with van der Waals surface area (Å²) >= 11 is 5.28. The van der Waals surface area contributed by atoms with Crippen molar-refractivity contribution in [2.75, 3.05) is 22.0 Å². The van der Waals surface area contributed by atoms with Crippen LogP contribution in [0.4, 0.5) is 17.2 Å². The minimum absolute atomic E-state index is 0.0622. The molecular weight excluding hydrogens is 440 g/mol. The van der Waals surface area contributed by atoms with Gasteiger partial charge in [0.25, 0.3) is 10.0 Å². The number of aryl methyl sites for hydroxylation is 1. The van der Waals surface area contributed by atoms with E-state index in [9.17, 15) is 13.2 Å². The van der Waals surface area contributed by atoms with E-state index < -0.39 is 16.0 Å². The summed E-state index contributed by atoms with van der Waals surface area (Å²) in [5.74, 6) is 0.214. The molecule has 0 aliphatic rings. The second-order valence-electron chi connectivity index (χ2n) is 6.33. The van der Waals surface area contributed by atoms with Crippen molar-refractivity contribution >= 4 is 50.5 Å². The molecule has 3 N–H and O–H groups in total. The van der Waals surface area contributed by atoms with Crippen molar-refractivity contribution in [1.82, 2.24) is 5.16 Å². The van der Waals surface area contributed by atoms with E-state index in [0.717, 1.165) is 0 Å². The van der Waals surface area contributed by atoms with Crippen LogP contribution in [0.2, 0.25) is 0 Å². The van der Waals surface area contributed by atoms with Gasteiger partial charge in [0.15, 0.2) is 10.9 Å². The van der Waals surface area contributed by atoms with Gasteiger partial charge < -0.3 is 19.9 Å². The van der Waals surface area contributed by atoms with Gasteiger partial charge in [-0.2, -0.15) is 0 Å². The maximum Gasteiger partial charge on any atom is 0.338 e. The van der Waals surface area contributed by atoms with Crippen molar-refractivity contribution in [1.29, 1.82) is 0 Å². The Morgan fingerprint density at radius 1 is 1.06 bits per heavy atom. The third-order valence-corrected chi connectivity index (χ3v) is 5.52. The minimum Gasteiger partial charge on any atom is -0.462 e. The molecule has 0 spiro atoms. The summed E-state index contributed by atoms with van der Waals surface area (Å²) in [5, 5.41) is 9.87. The topological polar surface area (TPSA) is 123 Å². The summed E-state index contributed by atoms with van der Waals surface area (Å²) in [6, 6.07) is 14.2. The lowest BCUT2D eigenvalue weighted by molar-refractivity contribution is 0.0526. The van der Waals surface area contributed by atoms with Crippen LogP contribution in [0.25, 0.3) is 0 Å². The lowest BCUT2D eigenvalue weighted by Crippen LogP contribution is -2.19. The van der Waals surface area contributed by atoms with Gasteiger partial charge in [0, 0.05) is 17.4 Å². The standard InChI is InChI=1S/C20H20N4O5S2/c1-3-28-19(25)14-4-6-15(7-5-14)21-20(30)22-16-8-10-17(11-9-16)31(26,27)24-18-12-13(2)29-23-18/h4-12H,3H2,1-2H3,(H,23,24)(H2,21,22,30). The zero-order valence-electron chi connectivity index (χ0n) is 16.7. The van der Waals surface area contributed by atoms with Gasteiger partial charge in [-0.05, 0) is 74.6 Å². The zero-order valence-corrected chi connectivity index (χ0v) is 18.3. The molecule has 11 heteroatoms. The molecule has 1 heterocycles. The molecule has 162 valence electrons. The van der Waals surface area contributed by atoms with Crippen LogP contribution in [0.3, 0.4) is 0 Å². The number of anilines is 3. The molecule has 0 saturated heterocycles. The maximum atomic E-state index is 12.4. The van der Waals surface area contributed by atoms with E-state index >= 15 is 0 Å². The van der Waals surface area contributed by atoms with E-state index in [-0.39, 0.29) is 10.7 Å². The molecule has 0 fully saturated rings. The number of rotatable bonds is 7. The van der Waals surface area contributed by atoms with Gasteiger partial charge in [-0.3, -0.25) is 4.72 Å².